The van der Waals surface area contributed by atoms with Crippen molar-refractivity contribution in [2.45, 2.75) is 32.9 Å². The number of nitrogens with zero attached hydrogens (tertiary/aromatic N) is 3. The minimum absolute atomic E-state index is 0.0178. The van der Waals surface area contributed by atoms with Crippen molar-refractivity contribution in [1.29, 1.82) is 0 Å². The molecule has 0 aromatic heterocycles. The monoisotopic (exact) mass is 587 g/mol. The molecule has 5 N–H and O–H groups in total. The Morgan fingerprint density at radius 3 is 1.93 bits per heavy atom. The third kappa shape index (κ3) is 4.53. The van der Waals surface area contributed by atoms with Gasteiger partial charge in [0.15, 0.2) is 10.9 Å². The van der Waals surface area contributed by atoms with Crippen LogP contribution in [-0.2, 0) is 0 Å². The lowest BCUT2D eigenvalue weighted by Gasteiger charge is -2.27. The van der Waals surface area contributed by atoms with E-state index in [2.05, 4.69) is 10.3 Å². The maximum absolute atomic E-state index is 14.0. The topological polar surface area (TPSA) is 141 Å². The van der Waals surface area contributed by atoms with Crippen LogP contribution < -0.4 is 37.6 Å². The summed E-state index contributed by atoms with van der Waals surface area (Å²) in [7, 11) is 1.58. The standard InChI is InChI=1S/C35H33N5O4/c1-4-18-40(39-25-17-16-24(37-3)29-30(25)35(44)22-13-9-8-12-21(22)34(29)43)31-26(38-27(36)5-2)15-14-23-28(31)33(42)20-11-7-6-10-19(20)32(23)41/h6-17,27,38,41-42H,4-5,18,36H2,1-3H3. The molecule has 2 aliphatic carbocycles. The molecule has 9 heteroatoms. The molecular formula is C35H33N5O4. The molecule has 0 saturated carbocycles. The third-order valence-electron chi connectivity index (χ3n) is 8.08. The molecule has 0 aliphatic heterocycles. The first kappa shape index (κ1) is 28.8. The van der Waals surface area contributed by atoms with E-state index in [1.807, 2.05) is 13.8 Å². The number of rotatable bonds is 7. The number of fused-ring (bicyclic) bond motifs is 3. The lowest BCUT2D eigenvalue weighted by Crippen LogP contribution is -2.32. The van der Waals surface area contributed by atoms with Gasteiger partial charge in [-0.05, 0) is 37.1 Å². The second-order valence-corrected chi connectivity index (χ2v) is 10.8. The van der Waals surface area contributed by atoms with E-state index >= 15 is 0 Å². The molecule has 44 heavy (non-hydrogen) atoms. The van der Waals surface area contributed by atoms with E-state index in [1.54, 1.807) is 84.9 Å². The largest absolute Gasteiger partial charge is 0.507 e. The van der Waals surface area contributed by atoms with Crippen LogP contribution in [0.2, 0.25) is 0 Å². The number of nitrogens with one attached hydrogen (secondary N) is 1. The van der Waals surface area contributed by atoms with Crippen molar-refractivity contribution in [2.75, 3.05) is 23.9 Å². The van der Waals surface area contributed by atoms with E-state index in [9.17, 15) is 19.8 Å². The minimum Gasteiger partial charge on any atom is -0.507 e. The van der Waals surface area contributed by atoms with E-state index in [0.717, 1.165) is 0 Å². The molecule has 1 atom stereocenters. The van der Waals surface area contributed by atoms with Gasteiger partial charge in [-0.25, -0.2) is 0 Å². The fraction of sp³-hybridized carbons (Fsp3) is 0.200. The molecule has 0 saturated heterocycles. The zero-order valence-electron chi connectivity index (χ0n) is 24.8. The summed E-state index contributed by atoms with van der Waals surface area (Å²) in [5, 5.41) is 36.7. The second-order valence-electron chi connectivity index (χ2n) is 10.8. The molecule has 0 radical (unpaired) electrons. The molecule has 0 amide bonds. The van der Waals surface area contributed by atoms with Crippen LogP contribution in [0.15, 0.2) is 92.5 Å². The summed E-state index contributed by atoms with van der Waals surface area (Å²) >= 11 is 0. The molecular weight excluding hydrogens is 554 g/mol. The first-order chi connectivity index (χ1) is 21.3. The highest BCUT2D eigenvalue weighted by Gasteiger charge is 2.23. The first-order valence-corrected chi connectivity index (χ1v) is 14.7. The highest BCUT2D eigenvalue weighted by molar-refractivity contribution is 6.16. The van der Waals surface area contributed by atoms with Gasteiger partial charge in [-0.3, -0.25) is 19.6 Å². The van der Waals surface area contributed by atoms with Gasteiger partial charge in [0.2, 0.25) is 0 Å². The van der Waals surface area contributed by atoms with Gasteiger partial charge in [-0.15, -0.1) is 0 Å². The number of anilines is 2. The van der Waals surface area contributed by atoms with Crippen LogP contribution in [0.25, 0.3) is 32.3 Å². The number of phenols is 2. The zero-order chi connectivity index (χ0) is 31.1. The smallest absolute Gasteiger partial charge is 0.196 e. The molecule has 222 valence electrons. The van der Waals surface area contributed by atoms with E-state index in [1.165, 1.54) is 0 Å². The Bertz CT molecular complexity index is 2380. The molecule has 0 spiro atoms. The average molecular weight is 588 g/mol. The van der Waals surface area contributed by atoms with E-state index in [4.69, 9.17) is 10.8 Å². The van der Waals surface area contributed by atoms with E-state index in [-0.39, 0.29) is 32.8 Å². The highest BCUT2D eigenvalue weighted by atomic mass is 16.3. The fourth-order valence-electron chi connectivity index (χ4n) is 5.90. The fourth-order valence-corrected chi connectivity index (χ4v) is 5.90. The van der Waals surface area contributed by atoms with Crippen molar-refractivity contribution >= 4 is 43.7 Å². The molecule has 0 heterocycles. The third-order valence-corrected chi connectivity index (χ3v) is 8.08. The molecule has 0 fully saturated rings. The number of hydrogen-bond acceptors (Lipinski definition) is 9. The normalized spacial score (nSPS) is 13.4. The summed E-state index contributed by atoms with van der Waals surface area (Å²) in [5.41, 5.74) is 6.82. The van der Waals surface area contributed by atoms with Gasteiger partial charge in [-0.2, -0.15) is 5.10 Å². The van der Waals surface area contributed by atoms with Crippen LogP contribution >= 0.6 is 0 Å². The predicted molar refractivity (Wildman–Crippen MR) is 176 cm³/mol. The molecule has 4 aromatic carbocycles. The van der Waals surface area contributed by atoms with Gasteiger partial charge in [0.1, 0.15) is 11.5 Å². The van der Waals surface area contributed by atoms with Gasteiger partial charge < -0.3 is 21.3 Å². The summed E-state index contributed by atoms with van der Waals surface area (Å²) in [6.45, 7) is 4.33. The average Bonchev–Trinajstić information content (AvgIpc) is 3.05. The van der Waals surface area contributed by atoms with Crippen molar-refractivity contribution in [3.05, 3.63) is 114 Å². The molecule has 9 nitrogen and oxygen atoms in total. The van der Waals surface area contributed by atoms with Gasteiger partial charge >= 0.3 is 0 Å². The summed E-state index contributed by atoms with van der Waals surface area (Å²) in [6, 6.07) is 20.8. The Kier molecular flexibility index (Phi) is 7.48. The Labute approximate surface area is 252 Å². The number of benzene rings is 4. The van der Waals surface area contributed by atoms with Crippen LogP contribution in [-0.4, -0.2) is 30.0 Å². The van der Waals surface area contributed by atoms with Crippen molar-refractivity contribution in [3.8, 4) is 11.5 Å². The minimum atomic E-state index is -0.403. The number of nitrogens with two attached hydrogens (primary N) is 1. The quantitative estimate of drug-likeness (QED) is 0.0948. The highest BCUT2D eigenvalue weighted by Crippen LogP contribution is 2.48. The first-order valence-electron chi connectivity index (χ1n) is 14.7. The molecule has 2 aliphatic rings. The molecule has 4 aromatic rings. The number of phenolic OH excluding ortho intramolecular Hbond substituents is 2. The van der Waals surface area contributed by atoms with E-state index in [0.29, 0.717) is 73.8 Å². The Morgan fingerprint density at radius 2 is 1.34 bits per heavy atom. The summed E-state index contributed by atoms with van der Waals surface area (Å²) in [5.74, 6) is 0.0110. The molecule has 6 rings (SSSR count). The predicted octanol–water partition coefficient (Wildman–Crippen LogP) is 4.25. The van der Waals surface area contributed by atoms with Crippen LogP contribution in [0.4, 0.5) is 11.4 Å². The second kappa shape index (κ2) is 11.4. The molecule has 1 unspecified atom stereocenters. The zero-order valence-corrected chi connectivity index (χ0v) is 24.8. The Balaban J connectivity index is 1.79. The van der Waals surface area contributed by atoms with Crippen molar-refractivity contribution in [3.63, 3.8) is 0 Å². The van der Waals surface area contributed by atoms with Crippen molar-refractivity contribution < 1.29 is 10.2 Å². The lowest BCUT2D eigenvalue weighted by molar-refractivity contribution is 0.478. The van der Waals surface area contributed by atoms with Gasteiger partial charge in [0.05, 0.1) is 44.1 Å². The maximum Gasteiger partial charge on any atom is 0.196 e. The summed E-state index contributed by atoms with van der Waals surface area (Å²) < 4.78 is 0. The SMILES string of the molecule is CCCN(N=c1ccc(=NC)c2c(=O)c3ccccc3c(=O)c1=2)c1c(NC(N)CC)ccc2c(O)c3ccccc3c(O)c12. The van der Waals surface area contributed by atoms with Gasteiger partial charge in [0, 0.05) is 40.5 Å². The van der Waals surface area contributed by atoms with Crippen LogP contribution in [0.3, 0.4) is 0 Å². The van der Waals surface area contributed by atoms with Crippen LogP contribution in [0.5, 0.6) is 11.5 Å². The molecule has 0 bridgehead atoms. The number of hydrogen-bond donors (Lipinski definition) is 4. The Morgan fingerprint density at radius 1 is 0.773 bits per heavy atom. The van der Waals surface area contributed by atoms with Crippen LogP contribution in [0, 0.1) is 10.4 Å². The van der Waals surface area contributed by atoms with Crippen molar-refractivity contribution in [2.24, 2.45) is 15.8 Å². The van der Waals surface area contributed by atoms with Crippen LogP contribution in [0.1, 0.15) is 26.7 Å². The lowest BCUT2D eigenvalue weighted by atomic mass is 9.98. The maximum atomic E-state index is 14.0. The number of aromatic hydroxyl groups is 2. The van der Waals surface area contributed by atoms with Crippen molar-refractivity contribution in [1.82, 2.24) is 0 Å². The van der Waals surface area contributed by atoms with Gasteiger partial charge in [-0.1, -0.05) is 62.4 Å². The Hall–Kier alpha value is -5.28. The van der Waals surface area contributed by atoms with E-state index < -0.39 is 6.17 Å². The summed E-state index contributed by atoms with van der Waals surface area (Å²) in [4.78, 5) is 31.9. The van der Waals surface area contributed by atoms with Gasteiger partial charge in [0.25, 0.3) is 0 Å². The summed E-state index contributed by atoms with van der Waals surface area (Å²) in [6.07, 6.45) is 0.877.